The zero-order valence-corrected chi connectivity index (χ0v) is 17.0. The van der Waals surface area contributed by atoms with Gasteiger partial charge in [-0.2, -0.15) is 0 Å². The molecule has 2 rings (SSSR count). The zero-order valence-electron chi connectivity index (χ0n) is 15.0. The molecule has 2 aromatic rings. The SMILES string of the molecule is C[Si](C)(C)c1ccc(O[B]Oc2ccc([Si](C)(C)C)cc2)cc1. The topological polar surface area (TPSA) is 18.5 Å². The Hall–Kier alpha value is -1.46. The van der Waals surface area contributed by atoms with Crippen LogP contribution < -0.4 is 19.7 Å². The first kappa shape index (κ1) is 17.9. The average molecular weight is 341 g/mol. The summed E-state index contributed by atoms with van der Waals surface area (Å²) in [6.45, 7) is 14.0. The summed E-state index contributed by atoms with van der Waals surface area (Å²) < 4.78 is 11.1. The van der Waals surface area contributed by atoms with Gasteiger partial charge in [0.15, 0.2) is 0 Å². The van der Waals surface area contributed by atoms with Gasteiger partial charge in [-0.15, -0.1) is 0 Å². The molecule has 0 saturated carbocycles. The van der Waals surface area contributed by atoms with Gasteiger partial charge in [-0.25, -0.2) is 0 Å². The number of rotatable bonds is 6. The quantitative estimate of drug-likeness (QED) is 0.745. The minimum absolute atomic E-state index is 0.797. The average Bonchev–Trinajstić information content (AvgIpc) is 2.46. The van der Waals surface area contributed by atoms with Crippen LogP contribution in [0.2, 0.25) is 39.3 Å². The van der Waals surface area contributed by atoms with Crippen molar-refractivity contribution >= 4 is 34.2 Å². The van der Waals surface area contributed by atoms with Gasteiger partial charge in [0.25, 0.3) is 0 Å². The smallest absolute Gasteiger partial charge is 0.526 e. The predicted molar refractivity (Wildman–Crippen MR) is 106 cm³/mol. The van der Waals surface area contributed by atoms with Crippen LogP contribution in [-0.4, -0.2) is 23.8 Å². The fourth-order valence-electron chi connectivity index (χ4n) is 2.20. The first-order valence-corrected chi connectivity index (χ1v) is 15.0. The summed E-state index contributed by atoms with van der Waals surface area (Å²) in [6, 6.07) is 16.6. The van der Waals surface area contributed by atoms with E-state index in [2.05, 4.69) is 63.5 Å². The third-order valence-electron chi connectivity index (χ3n) is 3.81. The van der Waals surface area contributed by atoms with Gasteiger partial charge < -0.3 is 9.31 Å². The molecular weight excluding hydrogens is 315 g/mol. The van der Waals surface area contributed by atoms with Crippen molar-refractivity contribution in [2.45, 2.75) is 39.3 Å². The maximum Gasteiger partial charge on any atom is 0.658 e. The Balaban J connectivity index is 1.87. The van der Waals surface area contributed by atoms with Gasteiger partial charge in [-0.3, -0.25) is 0 Å². The van der Waals surface area contributed by atoms with Crippen LogP contribution in [0, 0.1) is 0 Å². The van der Waals surface area contributed by atoms with Crippen molar-refractivity contribution in [3.05, 3.63) is 48.5 Å². The fourth-order valence-corrected chi connectivity index (χ4v) is 4.54. The van der Waals surface area contributed by atoms with E-state index in [1.165, 1.54) is 18.1 Å². The summed E-state index contributed by atoms with van der Waals surface area (Å²) in [7, 11) is -1.11. The van der Waals surface area contributed by atoms with Crippen LogP contribution in [0.4, 0.5) is 0 Å². The molecule has 2 nitrogen and oxygen atoms in total. The highest BCUT2D eigenvalue weighted by Gasteiger charge is 2.17. The van der Waals surface area contributed by atoms with Crippen LogP contribution in [0.25, 0.3) is 0 Å². The van der Waals surface area contributed by atoms with E-state index in [1.54, 1.807) is 0 Å². The van der Waals surface area contributed by atoms with Gasteiger partial charge in [0.05, 0.1) is 16.1 Å². The first-order chi connectivity index (χ1) is 10.7. The molecule has 0 N–H and O–H groups in total. The van der Waals surface area contributed by atoms with Crippen LogP contribution in [0.1, 0.15) is 0 Å². The highest BCUT2D eigenvalue weighted by Crippen LogP contribution is 2.13. The number of hydrogen-bond donors (Lipinski definition) is 0. The number of hydrogen-bond acceptors (Lipinski definition) is 2. The molecule has 0 spiro atoms. The van der Waals surface area contributed by atoms with Gasteiger partial charge in [0.1, 0.15) is 11.5 Å². The van der Waals surface area contributed by atoms with Crippen molar-refractivity contribution < 1.29 is 9.31 Å². The van der Waals surface area contributed by atoms with Crippen LogP contribution in [0.5, 0.6) is 11.5 Å². The van der Waals surface area contributed by atoms with Crippen LogP contribution >= 0.6 is 0 Å². The van der Waals surface area contributed by atoms with E-state index in [0.29, 0.717) is 0 Å². The van der Waals surface area contributed by atoms with Gasteiger partial charge >= 0.3 is 7.69 Å². The molecule has 0 bridgehead atoms. The van der Waals surface area contributed by atoms with Crippen molar-refractivity contribution in [1.82, 2.24) is 0 Å². The molecule has 2 aromatic carbocycles. The van der Waals surface area contributed by atoms with Gasteiger partial charge in [-0.05, 0) is 24.3 Å². The van der Waals surface area contributed by atoms with E-state index in [1.807, 2.05) is 24.3 Å². The summed E-state index contributed by atoms with van der Waals surface area (Å²) in [6.07, 6.45) is 0. The summed E-state index contributed by atoms with van der Waals surface area (Å²) in [5.41, 5.74) is 0. The minimum Gasteiger partial charge on any atom is -0.526 e. The third kappa shape index (κ3) is 5.29. The lowest BCUT2D eigenvalue weighted by atomic mass is 10.3. The molecule has 0 aromatic heterocycles. The summed E-state index contributed by atoms with van der Waals surface area (Å²) in [4.78, 5) is 0. The fraction of sp³-hybridized carbons (Fsp3) is 0.333. The Labute approximate surface area is 143 Å². The highest BCUT2D eigenvalue weighted by molar-refractivity contribution is 6.89. The Bertz CT molecular complexity index is 569. The van der Waals surface area contributed by atoms with E-state index in [-0.39, 0.29) is 0 Å². The maximum absolute atomic E-state index is 5.55. The molecule has 0 aliphatic carbocycles. The molecule has 1 radical (unpaired) electrons. The van der Waals surface area contributed by atoms with Crippen molar-refractivity contribution in [3.8, 4) is 11.5 Å². The molecule has 0 aliphatic rings. The lowest BCUT2D eigenvalue weighted by Crippen LogP contribution is -2.37. The third-order valence-corrected chi connectivity index (χ3v) is 7.94. The number of benzene rings is 2. The molecule has 0 fully saturated rings. The predicted octanol–water partition coefficient (Wildman–Crippen LogP) is 3.77. The molecule has 0 amide bonds. The Morgan fingerprint density at radius 3 is 1.13 bits per heavy atom. The molecule has 0 saturated heterocycles. The maximum atomic E-state index is 5.55. The molecular formula is C18H26BO2Si2. The summed E-state index contributed by atoms with van der Waals surface area (Å²) in [5.74, 6) is 1.59. The minimum atomic E-state index is -1.25. The molecule has 23 heavy (non-hydrogen) atoms. The summed E-state index contributed by atoms with van der Waals surface area (Å²) >= 11 is 0. The van der Waals surface area contributed by atoms with Crippen molar-refractivity contribution in [1.29, 1.82) is 0 Å². The summed E-state index contributed by atoms with van der Waals surface area (Å²) in [5, 5.41) is 2.85. The lowest BCUT2D eigenvalue weighted by Gasteiger charge is -2.17. The normalized spacial score (nSPS) is 11.9. The zero-order chi connectivity index (χ0) is 17.1. The van der Waals surface area contributed by atoms with E-state index >= 15 is 0 Å². The van der Waals surface area contributed by atoms with E-state index in [0.717, 1.165) is 11.5 Å². The van der Waals surface area contributed by atoms with Crippen molar-refractivity contribution in [2.75, 3.05) is 0 Å². The lowest BCUT2D eigenvalue weighted by molar-refractivity contribution is 0.459. The molecule has 121 valence electrons. The van der Waals surface area contributed by atoms with Crippen LogP contribution in [-0.2, 0) is 0 Å². The Morgan fingerprint density at radius 2 is 0.870 bits per heavy atom. The van der Waals surface area contributed by atoms with Crippen LogP contribution in [0.3, 0.4) is 0 Å². The largest absolute Gasteiger partial charge is 0.658 e. The van der Waals surface area contributed by atoms with Gasteiger partial charge in [-0.1, -0.05) is 73.9 Å². The second kappa shape index (κ2) is 6.97. The Kier molecular flexibility index (Phi) is 5.42. The molecule has 5 heteroatoms. The highest BCUT2D eigenvalue weighted by atomic mass is 28.3. The molecule has 0 atom stereocenters. The van der Waals surface area contributed by atoms with Crippen molar-refractivity contribution in [2.24, 2.45) is 0 Å². The molecule has 0 heterocycles. The standard InChI is InChI=1S/C18H26BO2Si2/c1-22(2,3)17-11-7-15(8-12-17)20-19-21-16-9-13-18(14-10-16)23(4,5)6/h7-14H,1-6H3. The van der Waals surface area contributed by atoms with Crippen molar-refractivity contribution in [3.63, 3.8) is 0 Å². The molecule has 0 aliphatic heterocycles. The second-order valence-electron chi connectivity index (χ2n) is 7.88. The van der Waals surface area contributed by atoms with E-state index in [4.69, 9.17) is 9.31 Å². The van der Waals surface area contributed by atoms with Gasteiger partial charge in [0.2, 0.25) is 0 Å². The second-order valence-corrected chi connectivity index (χ2v) is 18.0. The monoisotopic (exact) mass is 341 g/mol. The molecule has 0 unspecified atom stereocenters. The first-order valence-electron chi connectivity index (χ1n) is 8.02. The van der Waals surface area contributed by atoms with Crippen LogP contribution in [0.15, 0.2) is 48.5 Å². The van der Waals surface area contributed by atoms with E-state index in [9.17, 15) is 0 Å². The van der Waals surface area contributed by atoms with E-state index < -0.39 is 16.1 Å². The van der Waals surface area contributed by atoms with Gasteiger partial charge in [0, 0.05) is 0 Å². The Morgan fingerprint density at radius 1 is 0.565 bits per heavy atom.